The number of aromatic nitrogens is 3. The van der Waals surface area contributed by atoms with Gasteiger partial charge in [0, 0.05) is 50.1 Å². The molecule has 0 radical (unpaired) electrons. The predicted octanol–water partition coefficient (Wildman–Crippen LogP) is 1.16. The number of nitrogens with one attached hydrogen (secondary N) is 1. The molecule has 0 atom stereocenters. The highest BCUT2D eigenvalue weighted by molar-refractivity contribution is 7.13. The summed E-state index contributed by atoms with van der Waals surface area (Å²) in [6, 6.07) is 1.91. The Labute approximate surface area is 151 Å². The van der Waals surface area contributed by atoms with Gasteiger partial charge in [-0.3, -0.25) is 9.48 Å². The van der Waals surface area contributed by atoms with E-state index in [4.69, 9.17) is 0 Å². The zero-order chi connectivity index (χ0) is 17.1. The van der Waals surface area contributed by atoms with Gasteiger partial charge in [0.05, 0.1) is 0 Å². The molecule has 7 nitrogen and oxygen atoms in total. The largest absolute Gasteiger partial charge is 0.346 e. The number of anilines is 1. The number of piperidine rings is 1. The van der Waals surface area contributed by atoms with Crippen LogP contribution < -0.4 is 10.2 Å². The summed E-state index contributed by atoms with van der Waals surface area (Å²) >= 11 is 1.66. The van der Waals surface area contributed by atoms with Gasteiger partial charge >= 0.3 is 0 Å². The summed E-state index contributed by atoms with van der Waals surface area (Å²) in [6.45, 7) is 5.04. The Hall–Kier alpha value is -1.93. The monoisotopic (exact) mass is 360 g/mol. The van der Waals surface area contributed by atoms with Crippen LogP contribution in [-0.2, 0) is 10.3 Å². The molecule has 1 N–H and O–H groups in total. The Morgan fingerprint density at radius 2 is 2.04 bits per heavy atom. The van der Waals surface area contributed by atoms with Gasteiger partial charge in [-0.1, -0.05) is 0 Å². The van der Waals surface area contributed by atoms with Gasteiger partial charge in [-0.05, 0) is 38.4 Å². The molecule has 8 heteroatoms. The molecule has 2 aromatic rings. The number of nitrogens with zero attached hydrogens (tertiary/aromatic N) is 5. The highest BCUT2D eigenvalue weighted by Crippen LogP contribution is 2.30. The van der Waals surface area contributed by atoms with Crippen molar-refractivity contribution in [1.82, 2.24) is 25.0 Å². The van der Waals surface area contributed by atoms with Gasteiger partial charge in [0.2, 0.25) is 0 Å². The lowest BCUT2D eigenvalue weighted by Gasteiger charge is -2.40. The normalized spacial score (nSPS) is 21.1. The van der Waals surface area contributed by atoms with E-state index in [-0.39, 0.29) is 5.91 Å². The average Bonchev–Trinajstić information content (AvgIpc) is 3.33. The van der Waals surface area contributed by atoms with Crippen LogP contribution in [0.5, 0.6) is 0 Å². The lowest BCUT2D eigenvalue weighted by molar-refractivity contribution is -0.143. The summed E-state index contributed by atoms with van der Waals surface area (Å²) in [5.74, 6) is 0.221. The Balaban J connectivity index is 1.52. The summed E-state index contributed by atoms with van der Waals surface area (Å²) < 4.78 is 1.89. The van der Waals surface area contributed by atoms with Crippen LogP contribution in [0.1, 0.15) is 19.3 Å². The third-order valence-electron chi connectivity index (χ3n) is 5.24. The molecule has 4 rings (SSSR count). The van der Waals surface area contributed by atoms with Gasteiger partial charge in [0.25, 0.3) is 5.91 Å². The molecule has 25 heavy (non-hydrogen) atoms. The second-order valence-corrected chi connectivity index (χ2v) is 7.55. The van der Waals surface area contributed by atoms with E-state index >= 15 is 0 Å². The first-order valence-electron chi connectivity index (χ1n) is 8.94. The maximum absolute atomic E-state index is 13.5. The van der Waals surface area contributed by atoms with E-state index in [9.17, 15) is 4.79 Å². The highest BCUT2D eigenvalue weighted by atomic mass is 32.1. The minimum Gasteiger partial charge on any atom is -0.346 e. The van der Waals surface area contributed by atoms with Crippen LogP contribution in [0.3, 0.4) is 0 Å². The van der Waals surface area contributed by atoms with Gasteiger partial charge in [0.1, 0.15) is 5.54 Å². The lowest BCUT2D eigenvalue weighted by atomic mass is 9.86. The quantitative estimate of drug-likeness (QED) is 0.890. The van der Waals surface area contributed by atoms with E-state index in [0.717, 1.165) is 63.7 Å². The first kappa shape index (κ1) is 16.5. The Bertz CT molecular complexity index is 680. The summed E-state index contributed by atoms with van der Waals surface area (Å²) in [5, 5.41) is 10.9. The van der Waals surface area contributed by atoms with E-state index in [1.807, 2.05) is 33.4 Å². The van der Waals surface area contributed by atoms with Crippen molar-refractivity contribution in [1.29, 1.82) is 0 Å². The molecule has 0 aromatic carbocycles. The third-order valence-corrected chi connectivity index (χ3v) is 6.08. The number of hydrogen-bond donors (Lipinski definition) is 1. The van der Waals surface area contributed by atoms with Crippen LogP contribution in [0.25, 0.3) is 0 Å². The van der Waals surface area contributed by atoms with Gasteiger partial charge in [-0.2, -0.15) is 5.10 Å². The average molecular weight is 360 g/mol. The third kappa shape index (κ3) is 3.16. The summed E-state index contributed by atoms with van der Waals surface area (Å²) in [6.07, 6.45) is 8.10. The zero-order valence-corrected chi connectivity index (χ0v) is 15.1. The molecular weight excluding hydrogens is 336 g/mol. The molecule has 2 fully saturated rings. The van der Waals surface area contributed by atoms with Gasteiger partial charge in [-0.25, -0.2) is 4.98 Å². The molecule has 134 valence electrons. The van der Waals surface area contributed by atoms with Crippen molar-refractivity contribution >= 4 is 22.4 Å². The molecular formula is C17H24N6OS. The van der Waals surface area contributed by atoms with E-state index in [1.165, 1.54) is 0 Å². The molecule has 2 aliphatic rings. The SMILES string of the molecule is O=C(N1CCCN(c2nccs2)CC1)C1(n2cccn2)CCNCC1. The van der Waals surface area contributed by atoms with Crippen LogP contribution in [0.2, 0.25) is 0 Å². The number of rotatable bonds is 3. The van der Waals surface area contributed by atoms with E-state index in [2.05, 4.69) is 20.3 Å². The summed E-state index contributed by atoms with van der Waals surface area (Å²) in [7, 11) is 0. The Morgan fingerprint density at radius 3 is 2.76 bits per heavy atom. The summed E-state index contributed by atoms with van der Waals surface area (Å²) in [4.78, 5) is 22.3. The molecule has 0 aliphatic carbocycles. The van der Waals surface area contributed by atoms with Crippen molar-refractivity contribution in [3.8, 4) is 0 Å². The molecule has 0 spiro atoms. The molecule has 0 saturated carbocycles. The molecule has 0 bridgehead atoms. The smallest absolute Gasteiger partial charge is 0.250 e. The number of carbonyl (C=O) groups excluding carboxylic acids is 1. The van der Waals surface area contributed by atoms with Crippen molar-refractivity contribution in [3.05, 3.63) is 30.0 Å². The minimum absolute atomic E-state index is 0.221. The van der Waals surface area contributed by atoms with Crippen LogP contribution in [-0.4, -0.2) is 64.8 Å². The fourth-order valence-electron chi connectivity index (χ4n) is 3.88. The summed E-state index contributed by atoms with van der Waals surface area (Å²) in [5.41, 5.74) is -0.537. The van der Waals surface area contributed by atoms with Gasteiger partial charge in [-0.15, -0.1) is 11.3 Å². The Morgan fingerprint density at radius 1 is 1.16 bits per heavy atom. The van der Waals surface area contributed by atoms with Crippen molar-refractivity contribution in [2.24, 2.45) is 0 Å². The van der Waals surface area contributed by atoms with Crippen molar-refractivity contribution < 1.29 is 4.79 Å². The number of hydrogen-bond acceptors (Lipinski definition) is 6. The fraction of sp³-hybridized carbons (Fsp3) is 0.588. The zero-order valence-electron chi connectivity index (χ0n) is 14.3. The van der Waals surface area contributed by atoms with Crippen molar-refractivity contribution in [3.63, 3.8) is 0 Å². The van der Waals surface area contributed by atoms with Crippen LogP contribution in [0, 0.1) is 0 Å². The molecule has 1 amide bonds. The highest BCUT2D eigenvalue weighted by Gasteiger charge is 2.44. The molecule has 2 saturated heterocycles. The minimum atomic E-state index is -0.537. The number of amides is 1. The standard InChI is InChI=1S/C17H24N6OS/c24-15(17(3-6-18-7-4-17)23-11-1-5-20-23)21-9-2-10-22(13-12-21)16-19-8-14-25-16/h1,5,8,11,14,18H,2-4,6-7,9-10,12-13H2. The number of carbonyl (C=O) groups is 1. The molecule has 2 aliphatic heterocycles. The number of thiazole rings is 1. The maximum atomic E-state index is 13.5. The lowest BCUT2D eigenvalue weighted by Crippen LogP contribution is -2.56. The van der Waals surface area contributed by atoms with Gasteiger partial charge < -0.3 is 15.1 Å². The first-order chi connectivity index (χ1) is 12.3. The van der Waals surface area contributed by atoms with E-state index < -0.39 is 5.54 Å². The topological polar surface area (TPSA) is 66.3 Å². The van der Waals surface area contributed by atoms with Crippen LogP contribution >= 0.6 is 11.3 Å². The second kappa shape index (κ2) is 7.13. The predicted molar refractivity (Wildman–Crippen MR) is 97.8 cm³/mol. The molecule has 2 aromatic heterocycles. The van der Waals surface area contributed by atoms with E-state index in [1.54, 1.807) is 17.5 Å². The second-order valence-electron chi connectivity index (χ2n) is 6.68. The van der Waals surface area contributed by atoms with Crippen LogP contribution in [0.15, 0.2) is 30.0 Å². The van der Waals surface area contributed by atoms with Crippen molar-refractivity contribution in [2.75, 3.05) is 44.2 Å². The maximum Gasteiger partial charge on any atom is 0.250 e. The van der Waals surface area contributed by atoms with Crippen molar-refractivity contribution in [2.45, 2.75) is 24.8 Å². The fourth-order valence-corrected chi connectivity index (χ4v) is 4.58. The molecule has 4 heterocycles. The molecule has 0 unspecified atom stereocenters. The van der Waals surface area contributed by atoms with Crippen LogP contribution in [0.4, 0.5) is 5.13 Å². The van der Waals surface area contributed by atoms with E-state index in [0.29, 0.717) is 0 Å². The van der Waals surface area contributed by atoms with Gasteiger partial charge in [0.15, 0.2) is 5.13 Å². The Kier molecular flexibility index (Phi) is 4.72. The first-order valence-corrected chi connectivity index (χ1v) is 9.82.